The summed E-state index contributed by atoms with van der Waals surface area (Å²) >= 11 is 0. The fourth-order valence-corrected chi connectivity index (χ4v) is 4.89. The number of fused-ring (bicyclic) bond motifs is 8. The van der Waals surface area contributed by atoms with Gasteiger partial charge in [-0.1, -0.05) is 72.8 Å². The highest BCUT2D eigenvalue weighted by atomic mass is 16.5. The third kappa shape index (κ3) is 4.94. The Morgan fingerprint density at radius 2 is 0.919 bits per heavy atom. The Morgan fingerprint density at radius 3 is 1.24 bits per heavy atom. The van der Waals surface area contributed by atoms with Gasteiger partial charge in [-0.2, -0.15) is 0 Å². The van der Waals surface area contributed by atoms with Crippen molar-refractivity contribution >= 4 is 5.91 Å². The number of rotatable bonds is 3. The number of amides is 1. The van der Waals surface area contributed by atoms with Gasteiger partial charge in [-0.05, 0) is 44.5 Å². The second kappa shape index (κ2) is 10.2. The number of hydrogen-bond acceptors (Lipinski definition) is 6. The Morgan fingerprint density at radius 1 is 0.622 bits per heavy atom. The first kappa shape index (κ1) is 24.2. The predicted molar refractivity (Wildman–Crippen MR) is 140 cm³/mol. The number of hydrogen-bond donors (Lipinski definition) is 5. The Labute approximate surface area is 214 Å². The second-order valence-corrected chi connectivity index (χ2v) is 9.24. The molecule has 0 saturated carbocycles. The van der Waals surface area contributed by atoms with E-state index in [9.17, 15) is 20.1 Å². The highest BCUT2D eigenvalue weighted by molar-refractivity contribution is 5.77. The van der Waals surface area contributed by atoms with Crippen LogP contribution in [0.5, 0.6) is 23.0 Å². The molecular weight excluding hydrogens is 468 g/mol. The van der Waals surface area contributed by atoms with Gasteiger partial charge in [0.05, 0.1) is 0 Å². The van der Waals surface area contributed by atoms with Crippen LogP contribution in [0.25, 0.3) is 0 Å². The minimum atomic E-state index is -0.474. The number of phenols is 3. The first-order valence-corrected chi connectivity index (χ1v) is 12.1. The third-order valence-electron chi connectivity index (χ3n) is 6.82. The maximum absolute atomic E-state index is 11.9. The number of ether oxygens (including phenoxy) is 1. The molecule has 0 radical (unpaired) electrons. The molecule has 8 bridgehead atoms. The van der Waals surface area contributed by atoms with Gasteiger partial charge in [-0.15, -0.1) is 0 Å². The first-order chi connectivity index (χ1) is 17.9. The average molecular weight is 497 g/mol. The summed E-state index contributed by atoms with van der Waals surface area (Å²) in [5, 5.41) is 33.4. The molecule has 4 aromatic rings. The highest BCUT2D eigenvalue weighted by Gasteiger charge is 2.19. The Bertz CT molecular complexity index is 1390. The van der Waals surface area contributed by atoms with Gasteiger partial charge in [0.25, 0.3) is 5.91 Å². The molecule has 0 heterocycles. The number of carbonyl (C=O) groups excluding carboxylic acids is 1. The zero-order valence-corrected chi connectivity index (χ0v) is 20.2. The lowest BCUT2D eigenvalue weighted by atomic mass is 9.91. The van der Waals surface area contributed by atoms with E-state index in [2.05, 4.69) is 5.43 Å². The number of para-hydroxylation sites is 4. The number of hydrazine groups is 1. The minimum absolute atomic E-state index is 0.151. The Hall–Kier alpha value is -4.49. The SMILES string of the molecule is NNC(=O)COc1c2cccc1Cc1cccc(c1O)Cc1cccc(c1O)Cc1cccc(c1O)C2. The van der Waals surface area contributed by atoms with Crippen molar-refractivity contribution in [2.24, 2.45) is 5.84 Å². The maximum atomic E-state index is 11.9. The van der Waals surface area contributed by atoms with Crippen LogP contribution in [0.2, 0.25) is 0 Å². The van der Waals surface area contributed by atoms with Gasteiger partial charge in [0.15, 0.2) is 6.61 Å². The number of nitrogens with one attached hydrogen (secondary N) is 1. The molecule has 0 fully saturated rings. The van der Waals surface area contributed by atoms with Gasteiger partial charge in [0.1, 0.15) is 23.0 Å². The van der Waals surface area contributed by atoms with Crippen molar-refractivity contribution < 1.29 is 24.9 Å². The molecule has 0 atom stereocenters. The lowest BCUT2D eigenvalue weighted by Gasteiger charge is -2.19. The average Bonchev–Trinajstić information content (AvgIpc) is 2.89. The fraction of sp³-hybridized carbons (Fsp3) is 0.167. The molecule has 0 aliphatic heterocycles. The van der Waals surface area contributed by atoms with Crippen molar-refractivity contribution in [1.82, 2.24) is 5.43 Å². The standard InChI is InChI=1S/C30H28N2O5/c31-32-26(33)17-37-30-24-11-4-12-25(30)16-23-10-3-8-21(29(23)36)14-19-6-1-5-18(27(19)34)13-20-7-2-9-22(15-24)28(20)35/h1-12,34-36H,13-17,31H2,(H,32,33). The zero-order valence-electron chi connectivity index (χ0n) is 20.2. The van der Waals surface area contributed by atoms with Crippen LogP contribution < -0.4 is 16.0 Å². The summed E-state index contributed by atoms with van der Waals surface area (Å²) < 4.78 is 5.95. The van der Waals surface area contributed by atoms with Gasteiger partial charge >= 0.3 is 0 Å². The molecule has 0 unspecified atom stereocenters. The minimum Gasteiger partial charge on any atom is -0.507 e. The van der Waals surface area contributed by atoms with Gasteiger partial charge in [-0.25, -0.2) is 5.84 Å². The van der Waals surface area contributed by atoms with E-state index in [1.807, 2.05) is 72.8 Å². The lowest BCUT2D eigenvalue weighted by Crippen LogP contribution is -2.34. The molecule has 37 heavy (non-hydrogen) atoms. The van der Waals surface area contributed by atoms with E-state index in [0.717, 1.165) is 11.1 Å². The molecule has 0 spiro atoms. The fourth-order valence-electron chi connectivity index (χ4n) is 4.89. The van der Waals surface area contributed by atoms with E-state index in [4.69, 9.17) is 10.6 Å². The van der Waals surface area contributed by atoms with E-state index in [-0.39, 0.29) is 23.9 Å². The van der Waals surface area contributed by atoms with Crippen LogP contribution in [0, 0.1) is 0 Å². The molecule has 188 valence electrons. The summed E-state index contributed by atoms with van der Waals surface area (Å²) in [6.07, 6.45) is 1.38. The number of benzene rings is 4. The molecule has 1 aliphatic carbocycles. The molecular formula is C30H28N2O5. The van der Waals surface area contributed by atoms with Crippen molar-refractivity contribution in [2.45, 2.75) is 25.7 Å². The van der Waals surface area contributed by atoms with Crippen LogP contribution in [0.3, 0.4) is 0 Å². The highest BCUT2D eigenvalue weighted by Crippen LogP contribution is 2.37. The number of phenolic OH excluding ortho intramolecular Hbond substituents is 3. The van der Waals surface area contributed by atoms with Crippen molar-refractivity contribution in [1.29, 1.82) is 0 Å². The molecule has 6 N–H and O–H groups in total. The van der Waals surface area contributed by atoms with E-state index in [1.165, 1.54) is 0 Å². The van der Waals surface area contributed by atoms with Crippen LogP contribution in [0.4, 0.5) is 0 Å². The van der Waals surface area contributed by atoms with E-state index < -0.39 is 5.91 Å². The number of carbonyl (C=O) groups is 1. The summed E-state index contributed by atoms with van der Waals surface area (Å²) in [5.41, 5.74) is 7.76. The molecule has 1 amide bonds. The monoisotopic (exact) mass is 496 g/mol. The molecule has 7 nitrogen and oxygen atoms in total. The van der Waals surface area contributed by atoms with Gasteiger partial charge in [-0.3, -0.25) is 10.2 Å². The topological polar surface area (TPSA) is 125 Å². The van der Waals surface area contributed by atoms with Crippen LogP contribution in [-0.2, 0) is 30.5 Å². The van der Waals surface area contributed by atoms with Crippen LogP contribution in [0.15, 0.2) is 72.8 Å². The summed E-state index contributed by atoms with van der Waals surface area (Å²) in [7, 11) is 0. The predicted octanol–water partition coefficient (Wildman–Crippen LogP) is 3.85. The Kier molecular flexibility index (Phi) is 6.70. The maximum Gasteiger partial charge on any atom is 0.271 e. The number of nitrogens with two attached hydrogens (primary N) is 1. The Balaban J connectivity index is 1.69. The first-order valence-electron chi connectivity index (χ1n) is 12.1. The van der Waals surface area contributed by atoms with Crippen molar-refractivity contribution in [3.63, 3.8) is 0 Å². The second-order valence-electron chi connectivity index (χ2n) is 9.24. The van der Waals surface area contributed by atoms with Crippen molar-refractivity contribution in [3.05, 3.63) is 117 Å². The number of aromatic hydroxyl groups is 3. The third-order valence-corrected chi connectivity index (χ3v) is 6.82. The zero-order chi connectivity index (χ0) is 25.9. The quantitative estimate of drug-likeness (QED) is 0.147. The molecule has 0 saturated heterocycles. The van der Waals surface area contributed by atoms with Crippen molar-refractivity contribution in [2.75, 3.05) is 6.61 Å². The molecule has 4 aromatic carbocycles. The smallest absolute Gasteiger partial charge is 0.271 e. The van der Waals surface area contributed by atoms with Gasteiger partial charge < -0.3 is 20.1 Å². The lowest BCUT2D eigenvalue weighted by molar-refractivity contribution is -0.123. The summed E-state index contributed by atoms with van der Waals surface area (Å²) in [5.74, 6) is 5.75. The normalized spacial score (nSPS) is 12.6. The van der Waals surface area contributed by atoms with Crippen LogP contribution >= 0.6 is 0 Å². The van der Waals surface area contributed by atoms with Gasteiger partial charge in [0, 0.05) is 25.7 Å². The molecule has 0 aromatic heterocycles. The largest absolute Gasteiger partial charge is 0.507 e. The van der Waals surface area contributed by atoms with E-state index in [0.29, 0.717) is 64.8 Å². The summed E-state index contributed by atoms with van der Waals surface area (Å²) in [4.78, 5) is 11.9. The molecule has 1 aliphatic rings. The van der Waals surface area contributed by atoms with E-state index >= 15 is 0 Å². The van der Waals surface area contributed by atoms with Crippen LogP contribution in [0.1, 0.15) is 44.5 Å². The molecule has 5 rings (SSSR count). The summed E-state index contributed by atoms with van der Waals surface area (Å²) in [6.45, 7) is -0.271. The molecule has 7 heteroatoms. The van der Waals surface area contributed by atoms with Crippen molar-refractivity contribution in [3.8, 4) is 23.0 Å². The van der Waals surface area contributed by atoms with Gasteiger partial charge in [0.2, 0.25) is 0 Å². The summed E-state index contributed by atoms with van der Waals surface area (Å²) in [6, 6.07) is 22.3. The van der Waals surface area contributed by atoms with Crippen LogP contribution in [-0.4, -0.2) is 27.8 Å². The van der Waals surface area contributed by atoms with E-state index in [1.54, 1.807) is 0 Å².